The highest BCUT2D eigenvalue weighted by Crippen LogP contribution is 2.38. The molecule has 0 bridgehead atoms. The van der Waals surface area contributed by atoms with E-state index in [0.29, 0.717) is 11.1 Å². The molecule has 19 heavy (non-hydrogen) atoms. The van der Waals surface area contributed by atoms with Crippen LogP contribution in [0.4, 0.5) is 8.78 Å². The van der Waals surface area contributed by atoms with E-state index in [1.165, 1.54) is 0 Å². The van der Waals surface area contributed by atoms with Crippen molar-refractivity contribution in [3.05, 3.63) is 34.4 Å². The minimum Gasteiger partial charge on any atom is -0.481 e. The van der Waals surface area contributed by atoms with Crippen molar-refractivity contribution in [3.63, 3.8) is 0 Å². The number of hydrogen-bond donors (Lipinski definition) is 1. The van der Waals surface area contributed by atoms with Crippen LogP contribution in [0.2, 0.25) is 0 Å². The first-order valence-corrected chi connectivity index (χ1v) is 6.42. The van der Waals surface area contributed by atoms with Crippen LogP contribution in [0.3, 0.4) is 0 Å². The number of hydrogen-bond acceptors (Lipinski definition) is 1. The van der Waals surface area contributed by atoms with Gasteiger partial charge in [0.2, 0.25) is 0 Å². The zero-order valence-electron chi connectivity index (χ0n) is 11.6. The van der Waals surface area contributed by atoms with Gasteiger partial charge in [-0.3, -0.25) is 4.79 Å². The third-order valence-electron chi connectivity index (χ3n) is 3.17. The molecule has 0 atom stereocenters. The quantitative estimate of drug-likeness (QED) is 0.780. The summed E-state index contributed by atoms with van der Waals surface area (Å²) in [5.41, 5.74) is 2.26. The van der Waals surface area contributed by atoms with Crippen LogP contribution in [0.1, 0.15) is 47.9 Å². The van der Waals surface area contributed by atoms with E-state index in [-0.39, 0.29) is 31.2 Å². The highest BCUT2D eigenvalue weighted by atomic mass is 19.3. The van der Waals surface area contributed by atoms with Crippen molar-refractivity contribution < 1.29 is 18.7 Å². The van der Waals surface area contributed by atoms with Crippen LogP contribution >= 0.6 is 0 Å². The number of carbonyl (C=O) groups is 1. The molecule has 0 saturated carbocycles. The number of rotatable bonds is 6. The summed E-state index contributed by atoms with van der Waals surface area (Å²) in [5.74, 6) is -3.83. The van der Waals surface area contributed by atoms with Gasteiger partial charge in [-0.15, -0.1) is 0 Å². The van der Waals surface area contributed by atoms with Gasteiger partial charge < -0.3 is 5.11 Å². The summed E-state index contributed by atoms with van der Waals surface area (Å²) in [6.07, 6.45) is 0.147. The largest absolute Gasteiger partial charge is 0.481 e. The smallest absolute Gasteiger partial charge is 0.303 e. The van der Waals surface area contributed by atoms with Crippen molar-refractivity contribution >= 4 is 5.97 Å². The Hall–Kier alpha value is -1.45. The molecule has 0 aromatic heterocycles. The lowest BCUT2D eigenvalue weighted by Gasteiger charge is -2.21. The van der Waals surface area contributed by atoms with Gasteiger partial charge in [0.1, 0.15) is 0 Å². The van der Waals surface area contributed by atoms with Crippen molar-refractivity contribution in [2.75, 3.05) is 0 Å². The molecular formula is C15H20F2O2. The van der Waals surface area contributed by atoms with Crippen LogP contribution < -0.4 is 0 Å². The van der Waals surface area contributed by atoms with Gasteiger partial charge in [-0.1, -0.05) is 17.7 Å². The summed E-state index contributed by atoms with van der Waals surface area (Å²) in [6, 6.07) is 3.51. The Morgan fingerprint density at radius 1 is 1.16 bits per heavy atom. The van der Waals surface area contributed by atoms with E-state index in [1.54, 1.807) is 26.0 Å². The minimum absolute atomic E-state index is 0.0536. The number of unbranched alkanes of at least 4 members (excludes halogenated alkanes) is 1. The van der Waals surface area contributed by atoms with Crippen LogP contribution in [-0.2, 0) is 10.7 Å². The first-order chi connectivity index (χ1) is 8.74. The molecule has 1 N–H and O–H groups in total. The van der Waals surface area contributed by atoms with Gasteiger partial charge in [-0.2, -0.15) is 0 Å². The van der Waals surface area contributed by atoms with E-state index in [0.717, 1.165) is 5.56 Å². The van der Waals surface area contributed by atoms with Crippen LogP contribution in [0.5, 0.6) is 0 Å². The van der Waals surface area contributed by atoms with E-state index in [9.17, 15) is 13.6 Å². The van der Waals surface area contributed by atoms with Crippen LogP contribution in [-0.4, -0.2) is 11.1 Å². The molecule has 0 radical (unpaired) electrons. The summed E-state index contributed by atoms with van der Waals surface area (Å²) in [5, 5.41) is 8.49. The van der Waals surface area contributed by atoms with E-state index in [4.69, 9.17) is 5.11 Å². The molecule has 1 aromatic rings. The predicted octanol–water partition coefficient (Wildman–Crippen LogP) is 4.35. The van der Waals surface area contributed by atoms with Gasteiger partial charge in [0, 0.05) is 18.4 Å². The van der Waals surface area contributed by atoms with Gasteiger partial charge in [-0.25, -0.2) is 8.78 Å². The fourth-order valence-electron chi connectivity index (χ4n) is 2.51. The number of aliphatic carboxylic acids is 1. The Balaban J connectivity index is 2.79. The number of carboxylic acids is 1. The molecule has 0 aliphatic heterocycles. The maximum atomic E-state index is 14.2. The third kappa shape index (κ3) is 4.30. The van der Waals surface area contributed by atoms with E-state index >= 15 is 0 Å². The topological polar surface area (TPSA) is 37.3 Å². The minimum atomic E-state index is -2.89. The average molecular weight is 270 g/mol. The lowest BCUT2D eigenvalue weighted by atomic mass is 9.92. The second-order valence-electron chi connectivity index (χ2n) is 5.08. The van der Waals surface area contributed by atoms with E-state index in [1.807, 2.05) is 6.92 Å². The monoisotopic (exact) mass is 270 g/mol. The standard InChI is InChI=1S/C15H20F2O2/c1-10-8-11(2)14(12(3)9-10)15(16,17)7-5-4-6-13(18)19/h8-9H,4-7H2,1-3H3,(H,18,19). The van der Waals surface area contributed by atoms with E-state index in [2.05, 4.69) is 0 Å². The summed E-state index contributed by atoms with van der Waals surface area (Å²) in [6.45, 7) is 5.27. The Morgan fingerprint density at radius 3 is 2.16 bits per heavy atom. The fraction of sp³-hybridized carbons (Fsp3) is 0.533. The molecular weight excluding hydrogens is 250 g/mol. The third-order valence-corrected chi connectivity index (χ3v) is 3.17. The normalized spacial score (nSPS) is 11.6. The van der Waals surface area contributed by atoms with Crippen LogP contribution in [0.15, 0.2) is 12.1 Å². The Labute approximate surface area is 112 Å². The predicted molar refractivity (Wildman–Crippen MR) is 70.7 cm³/mol. The number of halogens is 2. The molecule has 4 heteroatoms. The molecule has 0 amide bonds. The maximum Gasteiger partial charge on any atom is 0.303 e. The molecule has 106 valence electrons. The summed E-state index contributed by atoms with van der Waals surface area (Å²) < 4.78 is 28.4. The lowest BCUT2D eigenvalue weighted by Crippen LogP contribution is -2.17. The summed E-state index contributed by atoms with van der Waals surface area (Å²) in [7, 11) is 0. The summed E-state index contributed by atoms with van der Waals surface area (Å²) in [4.78, 5) is 10.4. The molecule has 2 nitrogen and oxygen atoms in total. The van der Waals surface area contributed by atoms with Gasteiger partial charge in [0.05, 0.1) is 0 Å². The molecule has 0 aliphatic rings. The van der Waals surface area contributed by atoms with Crippen molar-refractivity contribution in [3.8, 4) is 0 Å². The second kappa shape index (κ2) is 6.13. The molecule has 0 saturated heterocycles. The zero-order chi connectivity index (χ0) is 14.6. The first kappa shape index (κ1) is 15.6. The molecule has 0 heterocycles. The number of aryl methyl sites for hydroxylation is 3. The molecule has 0 fully saturated rings. The molecule has 0 unspecified atom stereocenters. The number of benzene rings is 1. The molecule has 0 aliphatic carbocycles. The highest BCUT2D eigenvalue weighted by Gasteiger charge is 2.33. The SMILES string of the molecule is Cc1cc(C)c(C(F)(F)CCCCC(=O)O)c(C)c1. The van der Waals surface area contributed by atoms with Gasteiger partial charge in [-0.05, 0) is 44.7 Å². The van der Waals surface area contributed by atoms with Crippen LogP contribution in [0.25, 0.3) is 0 Å². The van der Waals surface area contributed by atoms with Crippen molar-refractivity contribution in [2.45, 2.75) is 52.4 Å². The van der Waals surface area contributed by atoms with Crippen molar-refractivity contribution in [2.24, 2.45) is 0 Å². The number of carboxylic acid groups (broad SMARTS) is 1. The van der Waals surface area contributed by atoms with Gasteiger partial charge in [0.15, 0.2) is 0 Å². The van der Waals surface area contributed by atoms with E-state index < -0.39 is 11.9 Å². The Morgan fingerprint density at radius 2 is 1.68 bits per heavy atom. The lowest BCUT2D eigenvalue weighted by molar-refractivity contribution is -0.137. The van der Waals surface area contributed by atoms with Crippen molar-refractivity contribution in [1.82, 2.24) is 0 Å². The maximum absolute atomic E-state index is 14.2. The Bertz CT molecular complexity index is 444. The number of alkyl halides is 2. The van der Waals surface area contributed by atoms with Crippen LogP contribution in [0, 0.1) is 20.8 Å². The highest BCUT2D eigenvalue weighted by molar-refractivity contribution is 5.66. The second-order valence-corrected chi connectivity index (χ2v) is 5.08. The fourth-order valence-corrected chi connectivity index (χ4v) is 2.51. The summed E-state index contributed by atoms with van der Waals surface area (Å²) >= 11 is 0. The average Bonchev–Trinajstić information content (AvgIpc) is 2.22. The first-order valence-electron chi connectivity index (χ1n) is 6.42. The van der Waals surface area contributed by atoms with Gasteiger partial charge in [0.25, 0.3) is 5.92 Å². The Kier molecular flexibility index (Phi) is 5.04. The zero-order valence-corrected chi connectivity index (χ0v) is 11.6. The molecule has 1 aromatic carbocycles. The van der Waals surface area contributed by atoms with Gasteiger partial charge >= 0.3 is 5.97 Å². The van der Waals surface area contributed by atoms with Crippen molar-refractivity contribution in [1.29, 1.82) is 0 Å². The molecule has 0 spiro atoms. The molecule has 1 rings (SSSR count).